The van der Waals surface area contributed by atoms with Gasteiger partial charge in [-0.1, -0.05) is 41.4 Å². The fraction of sp³-hybridized carbons (Fsp3) is 0.143. The summed E-state index contributed by atoms with van der Waals surface area (Å²) in [4.78, 5) is 18.5. The van der Waals surface area contributed by atoms with Crippen LogP contribution < -0.4 is 5.32 Å². The smallest absolute Gasteiger partial charge is 0.249 e. The molecule has 0 bridgehead atoms. The molecule has 1 amide bonds. The summed E-state index contributed by atoms with van der Waals surface area (Å²) in [5.74, 6) is -0.136. The van der Waals surface area contributed by atoms with Crippen LogP contribution in [-0.2, 0) is 17.8 Å². The number of thiophene rings is 1. The molecule has 6 heteroatoms. The highest BCUT2D eigenvalue weighted by molar-refractivity contribution is 7.13. The minimum atomic E-state index is -0.136. The van der Waals surface area contributed by atoms with Crippen molar-refractivity contribution in [2.45, 2.75) is 19.4 Å². The number of hydrogen-bond acceptors (Lipinski definition) is 3. The maximum Gasteiger partial charge on any atom is 0.249 e. The number of hydrogen-bond donors (Lipinski definition) is 1. The van der Waals surface area contributed by atoms with Gasteiger partial charge in [0, 0.05) is 22.7 Å². The molecule has 0 spiro atoms. The number of rotatable bonds is 4. The lowest BCUT2D eigenvalue weighted by molar-refractivity contribution is -0.117. The normalized spacial score (nSPS) is 13.4. The van der Waals surface area contributed by atoms with E-state index in [-0.39, 0.29) is 5.91 Å². The summed E-state index contributed by atoms with van der Waals surface area (Å²) in [5.41, 5.74) is 4.34. The monoisotopic (exact) mass is 414 g/mol. The zero-order valence-corrected chi connectivity index (χ0v) is 16.7. The van der Waals surface area contributed by atoms with Crippen LogP contribution in [0, 0.1) is 0 Å². The van der Waals surface area contributed by atoms with Crippen LogP contribution in [0.15, 0.2) is 59.5 Å². The van der Waals surface area contributed by atoms with Crippen LogP contribution in [0.4, 0.5) is 0 Å². The van der Waals surface area contributed by atoms with Crippen LogP contribution in [0.25, 0.3) is 15.6 Å². The van der Waals surface area contributed by atoms with Crippen molar-refractivity contribution < 1.29 is 4.79 Å². The maximum absolute atomic E-state index is 12.6. The molecule has 1 aliphatic carbocycles. The van der Waals surface area contributed by atoms with Crippen LogP contribution in [0.5, 0.6) is 0 Å². The van der Waals surface area contributed by atoms with Gasteiger partial charge in [-0.3, -0.25) is 9.78 Å². The average molecular weight is 415 g/mol. The van der Waals surface area contributed by atoms with Crippen molar-refractivity contribution in [1.82, 2.24) is 10.3 Å². The third-order valence-electron chi connectivity index (χ3n) is 4.50. The van der Waals surface area contributed by atoms with Gasteiger partial charge in [0.05, 0.1) is 21.3 Å². The average Bonchev–Trinajstić information content (AvgIpc) is 3.22. The van der Waals surface area contributed by atoms with E-state index in [9.17, 15) is 4.79 Å². The minimum absolute atomic E-state index is 0.136. The number of amides is 1. The van der Waals surface area contributed by atoms with E-state index < -0.39 is 0 Å². The highest BCUT2D eigenvalue weighted by Gasteiger charge is 2.23. The Bertz CT molecular complexity index is 1010. The highest BCUT2D eigenvalue weighted by atomic mass is 35.5. The lowest BCUT2D eigenvalue weighted by atomic mass is 9.94. The van der Waals surface area contributed by atoms with Crippen molar-refractivity contribution in [3.05, 3.63) is 81.3 Å². The van der Waals surface area contributed by atoms with Crippen molar-refractivity contribution in [2.75, 3.05) is 0 Å². The topological polar surface area (TPSA) is 42.0 Å². The molecule has 1 N–H and O–H groups in total. The standard InChI is InChI=1S/C21H16Cl2N2OS/c22-14-5-3-13(4-6-14)12-24-21(26)16-8-9-17-15(20(16)23)7-10-18(25-17)19-2-1-11-27-19/h1-7,10-11H,8-9,12H2,(H,24,26). The molecule has 0 fully saturated rings. The van der Waals surface area contributed by atoms with Gasteiger partial charge >= 0.3 is 0 Å². The summed E-state index contributed by atoms with van der Waals surface area (Å²) in [6.45, 7) is 0.437. The number of halogens is 2. The highest BCUT2D eigenvalue weighted by Crippen LogP contribution is 2.35. The van der Waals surface area contributed by atoms with Crippen LogP contribution in [0.3, 0.4) is 0 Å². The number of carbonyl (C=O) groups is 1. The van der Waals surface area contributed by atoms with E-state index in [4.69, 9.17) is 28.2 Å². The Kier molecular flexibility index (Phi) is 5.30. The molecule has 1 aliphatic rings. The Morgan fingerprint density at radius 2 is 1.89 bits per heavy atom. The number of nitrogens with zero attached hydrogens (tertiary/aromatic N) is 1. The molecular formula is C21H16Cl2N2OS. The first kappa shape index (κ1) is 18.2. The fourth-order valence-electron chi connectivity index (χ4n) is 3.07. The van der Waals surface area contributed by atoms with Crippen LogP contribution in [-0.4, -0.2) is 10.9 Å². The van der Waals surface area contributed by atoms with Crippen LogP contribution in [0.1, 0.15) is 23.2 Å². The lowest BCUT2D eigenvalue weighted by Gasteiger charge is -2.19. The number of aryl methyl sites for hydroxylation is 1. The maximum atomic E-state index is 12.6. The predicted molar refractivity (Wildman–Crippen MR) is 112 cm³/mol. The van der Waals surface area contributed by atoms with E-state index in [1.54, 1.807) is 11.3 Å². The molecule has 0 aliphatic heterocycles. The first-order chi connectivity index (χ1) is 13.1. The first-order valence-electron chi connectivity index (χ1n) is 8.57. The molecule has 4 rings (SSSR count). The van der Waals surface area contributed by atoms with Gasteiger partial charge in [0.15, 0.2) is 0 Å². The van der Waals surface area contributed by atoms with Gasteiger partial charge in [0.25, 0.3) is 0 Å². The minimum Gasteiger partial charge on any atom is -0.348 e. The van der Waals surface area contributed by atoms with Gasteiger partial charge in [0.1, 0.15) is 0 Å². The van der Waals surface area contributed by atoms with Gasteiger partial charge < -0.3 is 5.32 Å². The summed E-state index contributed by atoms with van der Waals surface area (Å²) in [5, 5.41) is 6.14. The third kappa shape index (κ3) is 3.93. The number of aromatic nitrogens is 1. The van der Waals surface area contributed by atoms with Crippen molar-refractivity contribution in [3.63, 3.8) is 0 Å². The van der Waals surface area contributed by atoms with Crippen molar-refractivity contribution >= 4 is 45.5 Å². The Morgan fingerprint density at radius 3 is 2.63 bits per heavy atom. The van der Waals surface area contributed by atoms with Crippen molar-refractivity contribution in [1.29, 1.82) is 0 Å². The molecule has 0 saturated heterocycles. The summed E-state index contributed by atoms with van der Waals surface area (Å²) in [6, 6.07) is 15.4. The number of benzene rings is 1. The van der Waals surface area contributed by atoms with Crippen molar-refractivity contribution in [3.8, 4) is 10.6 Å². The first-order valence-corrected chi connectivity index (χ1v) is 10.2. The summed E-state index contributed by atoms with van der Waals surface area (Å²) in [7, 11) is 0. The zero-order chi connectivity index (χ0) is 18.8. The van der Waals surface area contributed by atoms with E-state index in [2.05, 4.69) is 11.4 Å². The van der Waals surface area contributed by atoms with Gasteiger partial charge in [-0.25, -0.2) is 0 Å². The second kappa shape index (κ2) is 7.85. The number of carbonyl (C=O) groups excluding carboxylic acids is 1. The number of nitrogens with one attached hydrogen (secondary N) is 1. The number of pyridine rings is 1. The quantitative estimate of drug-likeness (QED) is 0.596. The van der Waals surface area contributed by atoms with Crippen LogP contribution >= 0.6 is 34.5 Å². The molecule has 0 atom stereocenters. The zero-order valence-electron chi connectivity index (χ0n) is 14.3. The lowest BCUT2D eigenvalue weighted by Crippen LogP contribution is -2.26. The van der Waals surface area contributed by atoms with Gasteiger partial charge in [0.2, 0.25) is 5.91 Å². The SMILES string of the molecule is O=C(NCc1ccc(Cl)cc1)C1=C(Cl)c2ccc(-c3cccs3)nc2CC1. The second-order valence-corrected chi connectivity index (χ2v) is 8.03. The molecule has 27 heavy (non-hydrogen) atoms. The molecule has 2 aromatic heterocycles. The second-order valence-electron chi connectivity index (χ2n) is 6.27. The molecule has 3 nitrogen and oxygen atoms in total. The van der Waals surface area contributed by atoms with E-state index in [1.165, 1.54) is 0 Å². The molecule has 0 unspecified atom stereocenters. The van der Waals surface area contributed by atoms with Crippen LogP contribution in [0.2, 0.25) is 5.02 Å². The summed E-state index contributed by atoms with van der Waals surface area (Å²) in [6.07, 6.45) is 1.29. The molecule has 0 saturated carbocycles. The largest absolute Gasteiger partial charge is 0.348 e. The molecule has 2 heterocycles. The Hall–Kier alpha value is -2.14. The molecule has 0 radical (unpaired) electrons. The summed E-state index contributed by atoms with van der Waals surface area (Å²) >= 11 is 14.1. The Morgan fingerprint density at radius 1 is 1.07 bits per heavy atom. The molecule has 136 valence electrons. The van der Waals surface area contributed by atoms with Crippen molar-refractivity contribution in [2.24, 2.45) is 0 Å². The van der Waals surface area contributed by atoms with Gasteiger partial charge in [-0.2, -0.15) is 0 Å². The van der Waals surface area contributed by atoms with E-state index in [0.717, 1.165) is 27.4 Å². The molecule has 3 aromatic rings. The van der Waals surface area contributed by atoms with Gasteiger partial charge in [-0.15, -0.1) is 11.3 Å². The number of fused-ring (bicyclic) bond motifs is 1. The third-order valence-corrected chi connectivity index (χ3v) is 6.08. The molecule has 1 aromatic carbocycles. The molecular weight excluding hydrogens is 399 g/mol. The Labute approximate surface area is 171 Å². The predicted octanol–water partition coefficient (Wildman–Crippen LogP) is 5.68. The van der Waals surface area contributed by atoms with Gasteiger partial charge in [-0.05, 0) is 54.1 Å². The van der Waals surface area contributed by atoms with E-state index >= 15 is 0 Å². The van der Waals surface area contributed by atoms with E-state index in [0.29, 0.717) is 35.0 Å². The Balaban J connectivity index is 1.53. The fourth-order valence-corrected chi connectivity index (χ4v) is 4.25. The van der Waals surface area contributed by atoms with E-state index in [1.807, 2.05) is 47.8 Å². The summed E-state index contributed by atoms with van der Waals surface area (Å²) < 4.78 is 0.